The van der Waals surface area contributed by atoms with E-state index in [1.54, 1.807) is 30.3 Å². The van der Waals surface area contributed by atoms with Gasteiger partial charge in [-0.05, 0) is 24.6 Å². The van der Waals surface area contributed by atoms with Crippen LogP contribution in [-0.4, -0.2) is 29.7 Å². The third kappa shape index (κ3) is 4.63. The molecule has 1 heterocycles. The maximum absolute atomic E-state index is 12.7. The van der Waals surface area contributed by atoms with Gasteiger partial charge in [0.25, 0.3) is 5.56 Å². The van der Waals surface area contributed by atoms with E-state index in [4.69, 9.17) is 32.7 Å². The highest BCUT2D eigenvalue weighted by molar-refractivity contribution is 6.43. The second-order valence-electron chi connectivity index (χ2n) is 6.22. The van der Waals surface area contributed by atoms with Gasteiger partial charge in [-0.2, -0.15) is 0 Å². The molecule has 0 aliphatic rings. The molecule has 1 aromatic heterocycles. The molecule has 2 aromatic carbocycles. The maximum Gasteiger partial charge on any atom is 0.261 e. The molecule has 0 atom stereocenters. The topological polar surface area (TPSA) is 82.5 Å². The largest absolute Gasteiger partial charge is 0.493 e. The van der Waals surface area contributed by atoms with Crippen LogP contribution in [0.4, 0.5) is 5.69 Å². The molecule has 0 unspecified atom stereocenters. The number of rotatable bonds is 7. The van der Waals surface area contributed by atoms with Crippen LogP contribution in [-0.2, 0) is 11.3 Å². The Hall–Kier alpha value is -2.77. The number of fused-ring (bicyclic) bond motifs is 1. The lowest BCUT2D eigenvalue weighted by Crippen LogP contribution is -2.22. The van der Waals surface area contributed by atoms with Gasteiger partial charge < -0.3 is 14.8 Å². The lowest BCUT2D eigenvalue weighted by Gasteiger charge is -2.11. The number of hydrogen-bond donors (Lipinski definition) is 1. The number of carbonyl (C=O) groups is 1. The van der Waals surface area contributed by atoms with Gasteiger partial charge in [0.15, 0.2) is 11.5 Å². The molecule has 152 valence electrons. The van der Waals surface area contributed by atoms with Gasteiger partial charge in [-0.15, -0.1) is 0 Å². The molecule has 0 spiro atoms. The van der Waals surface area contributed by atoms with Crippen LogP contribution in [0, 0.1) is 0 Å². The Balaban J connectivity index is 1.69. The molecule has 0 bridgehead atoms. The van der Waals surface area contributed by atoms with Gasteiger partial charge in [0.1, 0.15) is 0 Å². The molecule has 0 aliphatic heterocycles. The number of nitrogens with zero attached hydrogens (tertiary/aromatic N) is 2. The molecule has 7 nitrogen and oxygen atoms in total. The molecule has 0 fully saturated rings. The quantitative estimate of drug-likeness (QED) is 0.602. The number of methoxy groups -OCH3 is 2. The van der Waals surface area contributed by atoms with Gasteiger partial charge in [0.2, 0.25) is 5.91 Å². The SMILES string of the molecule is COc1cc2ncn(CCCC(=O)Nc3cccc(Cl)c3Cl)c(=O)c2cc1OC. The highest BCUT2D eigenvalue weighted by Gasteiger charge is 2.12. The van der Waals surface area contributed by atoms with Crippen molar-refractivity contribution in [2.24, 2.45) is 0 Å². The number of benzene rings is 2. The highest BCUT2D eigenvalue weighted by atomic mass is 35.5. The number of carbonyl (C=O) groups excluding carboxylic acids is 1. The fourth-order valence-corrected chi connectivity index (χ4v) is 3.22. The van der Waals surface area contributed by atoms with Crippen molar-refractivity contribution in [3.05, 3.63) is 57.1 Å². The summed E-state index contributed by atoms with van der Waals surface area (Å²) in [7, 11) is 3.02. The van der Waals surface area contributed by atoms with Crippen molar-refractivity contribution in [3.63, 3.8) is 0 Å². The molecule has 29 heavy (non-hydrogen) atoms. The number of hydrogen-bond acceptors (Lipinski definition) is 5. The first-order valence-electron chi connectivity index (χ1n) is 8.79. The minimum atomic E-state index is -0.220. The van der Waals surface area contributed by atoms with Crippen LogP contribution in [0.15, 0.2) is 41.5 Å². The summed E-state index contributed by atoms with van der Waals surface area (Å²) in [6.45, 7) is 0.340. The molecule has 3 aromatic rings. The van der Waals surface area contributed by atoms with E-state index in [1.165, 1.54) is 25.1 Å². The van der Waals surface area contributed by atoms with E-state index in [9.17, 15) is 9.59 Å². The molecule has 0 aliphatic carbocycles. The van der Waals surface area contributed by atoms with E-state index in [1.807, 2.05) is 0 Å². The second-order valence-corrected chi connectivity index (χ2v) is 7.01. The normalized spacial score (nSPS) is 10.8. The Morgan fingerprint density at radius 1 is 1.17 bits per heavy atom. The first-order valence-corrected chi connectivity index (χ1v) is 9.55. The lowest BCUT2D eigenvalue weighted by molar-refractivity contribution is -0.116. The van der Waals surface area contributed by atoms with Gasteiger partial charge >= 0.3 is 0 Å². The number of anilines is 1. The predicted octanol–water partition coefficient (Wildman–Crippen LogP) is 4.14. The van der Waals surface area contributed by atoms with Crippen molar-refractivity contribution >= 4 is 45.7 Å². The van der Waals surface area contributed by atoms with Gasteiger partial charge in [0, 0.05) is 19.0 Å². The molecule has 9 heteroatoms. The molecule has 0 saturated carbocycles. The number of ether oxygens (including phenoxy) is 2. The van der Waals surface area contributed by atoms with E-state index in [0.717, 1.165) is 0 Å². The van der Waals surface area contributed by atoms with Crippen molar-refractivity contribution in [2.75, 3.05) is 19.5 Å². The minimum Gasteiger partial charge on any atom is -0.493 e. The van der Waals surface area contributed by atoms with Crippen molar-refractivity contribution < 1.29 is 14.3 Å². The predicted molar refractivity (Wildman–Crippen MR) is 113 cm³/mol. The Bertz CT molecular complexity index is 1110. The number of aromatic nitrogens is 2. The Labute approximate surface area is 177 Å². The minimum absolute atomic E-state index is 0.208. The van der Waals surface area contributed by atoms with Crippen LogP contribution < -0.4 is 20.3 Å². The summed E-state index contributed by atoms with van der Waals surface area (Å²) < 4.78 is 12.0. The number of halogens is 2. The third-order valence-corrected chi connectivity index (χ3v) is 5.18. The summed E-state index contributed by atoms with van der Waals surface area (Å²) in [5, 5.41) is 3.80. The van der Waals surface area contributed by atoms with Crippen LogP contribution in [0.5, 0.6) is 11.5 Å². The van der Waals surface area contributed by atoms with Gasteiger partial charge in [0.05, 0.1) is 47.2 Å². The van der Waals surface area contributed by atoms with Gasteiger partial charge in [-0.25, -0.2) is 4.98 Å². The van der Waals surface area contributed by atoms with Crippen LogP contribution >= 0.6 is 23.2 Å². The van der Waals surface area contributed by atoms with Crippen molar-refractivity contribution in [3.8, 4) is 11.5 Å². The first-order chi connectivity index (χ1) is 13.9. The summed E-state index contributed by atoms with van der Waals surface area (Å²) in [6.07, 6.45) is 2.12. The summed E-state index contributed by atoms with van der Waals surface area (Å²) in [6, 6.07) is 8.28. The number of nitrogens with one attached hydrogen (secondary N) is 1. The fourth-order valence-electron chi connectivity index (χ4n) is 2.87. The fraction of sp³-hybridized carbons (Fsp3) is 0.250. The number of aryl methyl sites for hydroxylation is 1. The highest BCUT2D eigenvalue weighted by Crippen LogP contribution is 2.30. The summed E-state index contributed by atoms with van der Waals surface area (Å²) in [5.74, 6) is 0.734. The molecular formula is C20H19Cl2N3O4. The van der Waals surface area contributed by atoms with E-state index in [2.05, 4.69) is 10.3 Å². The van der Waals surface area contributed by atoms with E-state index >= 15 is 0 Å². The van der Waals surface area contributed by atoms with Gasteiger partial charge in [-0.3, -0.25) is 14.2 Å². The third-order valence-electron chi connectivity index (χ3n) is 4.36. The monoisotopic (exact) mass is 435 g/mol. The van der Waals surface area contributed by atoms with E-state index in [0.29, 0.717) is 51.1 Å². The van der Waals surface area contributed by atoms with Crippen molar-refractivity contribution in [1.29, 1.82) is 0 Å². The van der Waals surface area contributed by atoms with Crippen LogP contribution in [0.25, 0.3) is 10.9 Å². The van der Waals surface area contributed by atoms with Crippen LogP contribution in [0.3, 0.4) is 0 Å². The zero-order valence-corrected chi connectivity index (χ0v) is 17.4. The average Bonchev–Trinajstić information content (AvgIpc) is 2.72. The molecule has 0 saturated heterocycles. The lowest BCUT2D eigenvalue weighted by atomic mass is 10.2. The molecular weight excluding hydrogens is 417 g/mol. The first kappa shape index (κ1) is 21.0. The second kappa shape index (κ2) is 9.15. The van der Waals surface area contributed by atoms with Crippen LogP contribution in [0.1, 0.15) is 12.8 Å². The molecule has 1 amide bonds. The zero-order valence-electron chi connectivity index (χ0n) is 15.9. The smallest absolute Gasteiger partial charge is 0.261 e. The van der Waals surface area contributed by atoms with Crippen molar-refractivity contribution in [1.82, 2.24) is 9.55 Å². The molecule has 0 radical (unpaired) electrons. The molecule has 3 rings (SSSR count). The standard InChI is InChI=1S/C20H19Cl2N3O4/c1-28-16-9-12-15(10-17(16)29-2)23-11-25(20(12)27)8-4-7-18(26)24-14-6-3-5-13(21)19(14)22/h3,5-6,9-11H,4,7-8H2,1-2H3,(H,24,26). The summed E-state index contributed by atoms with van der Waals surface area (Å²) in [5.41, 5.74) is 0.751. The molecule has 1 N–H and O–H groups in total. The van der Waals surface area contributed by atoms with E-state index in [-0.39, 0.29) is 17.9 Å². The van der Waals surface area contributed by atoms with Gasteiger partial charge in [-0.1, -0.05) is 29.3 Å². The zero-order chi connectivity index (χ0) is 21.0. The Kier molecular flexibility index (Phi) is 6.61. The maximum atomic E-state index is 12.7. The Morgan fingerprint density at radius 3 is 2.62 bits per heavy atom. The Morgan fingerprint density at radius 2 is 1.90 bits per heavy atom. The number of amides is 1. The summed E-state index contributed by atoms with van der Waals surface area (Å²) >= 11 is 12.0. The van der Waals surface area contributed by atoms with Crippen molar-refractivity contribution in [2.45, 2.75) is 19.4 Å². The summed E-state index contributed by atoms with van der Waals surface area (Å²) in [4.78, 5) is 29.2. The van der Waals surface area contributed by atoms with E-state index < -0.39 is 0 Å². The van der Waals surface area contributed by atoms with Crippen LogP contribution in [0.2, 0.25) is 10.0 Å². The average molecular weight is 436 g/mol.